The van der Waals surface area contributed by atoms with E-state index in [0.29, 0.717) is 17.4 Å². The summed E-state index contributed by atoms with van der Waals surface area (Å²) in [4.78, 5) is 12.6. The van der Waals surface area contributed by atoms with Crippen LogP contribution in [0.5, 0.6) is 5.75 Å². The van der Waals surface area contributed by atoms with Crippen LogP contribution in [0.15, 0.2) is 54.6 Å². The molecule has 0 saturated heterocycles. The number of fused-ring (bicyclic) bond motifs is 2. The number of benzene rings is 3. The van der Waals surface area contributed by atoms with Crippen molar-refractivity contribution in [1.82, 2.24) is 15.5 Å². The molecule has 2 N–H and O–H groups in total. The summed E-state index contributed by atoms with van der Waals surface area (Å²) < 4.78 is 5.44. The second-order valence-electron chi connectivity index (χ2n) is 6.98. The molecule has 134 valence electrons. The third-order valence-corrected chi connectivity index (χ3v) is 5.06. The highest BCUT2D eigenvalue weighted by atomic mass is 16.5. The molecular weight excluding hydrogens is 338 g/mol. The normalized spacial score (nSPS) is 13.8. The number of carbonyl (C=O) groups is 1. The number of amides is 1. The predicted octanol–water partition coefficient (Wildman–Crippen LogP) is 4.28. The zero-order valence-corrected chi connectivity index (χ0v) is 15.0. The van der Waals surface area contributed by atoms with E-state index in [2.05, 4.69) is 45.8 Å². The smallest absolute Gasteiger partial charge is 0.255 e. The first-order valence-corrected chi connectivity index (χ1v) is 9.09. The first-order valence-electron chi connectivity index (χ1n) is 9.09. The largest absolute Gasteiger partial charge is 0.496 e. The van der Waals surface area contributed by atoms with Crippen molar-refractivity contribution in [3.05, 3.63) is 60.2 Å². The van der Waals surface area contributed by atoms with Crippen molar-refractivity contribution in [3.63, 3.8) is 0 Å². The van der Waals surface area contributed by atoms with Crippen molar-refractivity contribution in [3.8, 4) is 17.0 Å². The van der Waals surface area contributed by atoms with Crippen molar-refractivity contribution in [2.75, 3.05) is 7.11 Å². The topological polar surface area (TPSA) is 67.0 Å². The lowest BCUT2D eigenvalue weighted by atomic mass is 10.0. The summed E-state index contributed by atoms with van der Waals surface area (Å²) in [6, 6.07) is 18.5. The van der Waals surface area contributed by atoms with Crippen molar-refractivity contribution in [2.45, 2.75) is 18.9 Å². The molecule has 1 aliphatic rings. The van der Waals surface area contributed by atoms with E-state index in [4.69, 9.17) is 4.74 Å². The van der Waals surface area contributed by atoms with Gasteiger partial charge in [0.1, 0.15) is 5.75 Å². The molecule has 0 aliphatic heterocycles. The predicted molar refractivity (Wildman–Crippen MR) is 106 cm³/mol. The average Bonchev–Trinajstić information content (AvgIpc) is 3.42. The molecule has 4 aromatic rings. The van der Waals surface area contributed by atoms with Crippen LogP contribution in [-0.4, -0.2) is 29.3 Å². The first kappa shape index (κ1) is 15.9. The van der Waals surface area contributed by atoms with E-state index in [9.17, 15) is 4.79 Å². The summed E-state index contributed by atoms with van der Waals surface area (Å²) >= 11 is 0. The zero-order valence-electron chi connectivity index (χ0n) is 15.0. The summed E-state index contributed by atoms with van der Waals surface area (Å²) in [6.07, 6.45) is 2.09. The van der Waals surface area contributed by atoms with Crippen LogP contribution < -0.4 is 10.1 Å². The molecular formula is C22H19N3O2. The highest BCUT2D eigenvalue weighted by molar-refractivity contribution is 6.04. The van der Waals surface area contributed by atoms with Crippen LogP contribution in [-0.2, 0) is 0 Å². The Kier molecular flexibility index (Phi) is 3.60. The number of carbonyl (C=O) groups excluding carboxylic acids is 1. The van der Waals surface area contributed by atoms with Gasteiger partial charge in [0.25, 0.3) is 5.91 Å². The number of aromatic nitrogens is 2. The number of H-pyrrole nitrogens is 1. The molecule has 1 aliphatic carbocycles. The first-order chi connectivity index (χ1) is 13.2. The van der Waals surface area contributed by atoms with Gasteiger partial charge in [-0.05, 0) is 35.7 Å². The molecule has 1 aromatic heterocycles. The second-order valence-corrected chi connectivity index (χ2v) is 6.98. The number of hydrogen-bond acceptors (Lipinski definition) is 3. The molecule has 0 bridgehead atoms. The molecule has 0 radical (unpaired) electrons. The van der Waals surface area contributed by atoms with E-state index in [0.717, 1.165) is 40.4 Å². The molecule has 0 atom stereocenters. The minimum atomic E-state index is -0.0955. The monoisotopic (exact) mass is 357 g/mol. The average molecular weight is 357 g/mol. The molecule has 0 spiro atoms. The molecule has 5 heteroatoms. The molecule has 0 unspecified atom stereocenters. The van der Waals surface area contributed by atoms with Crippen LogP contribution >= 0.6 is 0 Å². The Bertz CT molecular complexity index is 1170. The van der Waals surface area contributed by atoms with Gasteiger partial charge in [-0.15, -0.1) is 0 Å². The maximum absolute atomic E-state index is 12.6. The van der Waals surface area contributed by atoms with E-state index in [1.54, 1.807) is 7.11 Å². The molecule has 1 saturated carbocycles. The van der Waals surface area contributed by atoms with Gasteiger partial charge in [0.05, 0.1) is 23.9 Å². The highest BCUT2D eigenvalue weighted by Gasteiger charge is 2.26. The zero-order chi connectivity index (χ0) is 18.4. The number of aromatic amines is 1. The molecule has 1 heterocycles. The van der Waals surface area contributed by atoms with Crippen LogP contribution in [0.4, 0.5) is 0 Å². The SMILES string of the molecule is COc1cc2[nH]nc(-c3ccc4ccccc4c3)c2cc1C(=O)NC1CC1. The molecule has 3 aromatic carbocycles. The Labute approximate surface area is 156 Å². The Morgan fingerprint density at radius 1 is 1.11 bits per heavy atom. The summed E-state index contributed by atoms with van der Waals surface area (Å²) in [6.45, 7) is 0. The Morgan fingerprint density at radius 3 is 2.70 bits per heavy atom. The lowest BCUT2D eigenvalue weighted by Crippen LogP contribution is -2.25. The molecule has 5 nitrogen and oxygen atoms in total. The summed E-state index contributed by atoms with van der Waals surface area (Å²) in [5.41, 5.74) is 3.23. The maximum Gasteiger partial charge on any atom is 0.255 e. The van der Waals surface area contributed by atoms with Crippen LogP contribution in [0.3, 0.4) is 0 Å². The lowest BCUT2D eigenvalue weighted by molar-refractivity contribution is 0.0948. The summed E-state index contributed by atoms with van der Waals surface area (Å²) in [5, 5.41) is 13.9. The van der Waals surface area contributed by atoms with Gasteiger partial charge in [-0.25, -0.2) is 0 Å². The van der Waals surface area contributed by atoms with Crippen molar-refractivity contribution in [2.24, 2.45) is 0 Å². The van der Waals surface area contributed by atoms with Gasteiger partial charge >= 0.3 is 0 Å². The van der Waals surface area contributed by atoms with E-state index >= 15 is 0 Å². The third-order valence-electron chi connectivity index (χ3n) is 5.06. The number of methoxy groups -OCH3 is 1. The second kappa shape index (κ2) is 6.13. The van der Waals surface area contributed by atoms with E-state index in [-0.39, 0.29) is 5.91 Å². The molecule has 27 heavy (non-hydrogen) atoms. The number of rotatable bonds is 4. The summed E-state index contributed by atoms with van der Waals surface area (Å²) in [7, 11) is 1.58. The van der Waals surface area contributed by atoms with Gasteiger partial charge in [-0.2, -0.15) is 5.10 Å². The summed E-state index contributed by atoms with van der Waals surface area (Å²) in [5.74, 6) is 0.455. The molecule has 1 amide bonds. The highest BCUT2D eigenvalue weighted by Crippen LogP contribution is 2.33. The Hall–Kier alpha value is -3.34. The van der Waals surface area contributed by atoms with Crippen LogP contribution in [0.2, 0.25) is 0 Å². The van der Waals surface area contributed by atoms with Crippen LogP contribution in [0.25, 0.3) is 32.9 Å². The van der Waals surface area contributed by atoms with E-state index < -0.39 is 0 Å². The third kappa shape index (κ3) is 2.81. The number of nitrogens with one attached hydrogen (secondary N) is 2. The van der Waals surface area contributed by atoms with Crippen molar-refractivity contribution in [1.29, 1.82) is 0 Å². The number of ether oxygens (including phenoxy) is 1. The van der Waals surface area contributed by atoms with Gasteiger partial charge in [-0.3, -0.25) is 9.89 Å². The van der Waals surface area contributed by atoms with Gasteiger partial charge in [0.2, 0.25) is 0 Å². The van der Waals surface area contributed by atoms with Crippen LogP contribution in [0.1, 0.15) is 23.2 Å². The van der Waals surface area contributed by atoms with Gasteiger partial charge in [0, 0.05) is 23.1 Å². The quantitative estimate of drug-likeness (QED) is 0.573. The van der Waals surface area contributed by atoms with Crippen LogP contribution in [0, 0.1) is 0 Å². The number of nitrogens with zero attached hydrogens (tertiary/aromatic N) is 1. The molecule has 1 fully saturated rings. The lowest BCUT2D eigenvalue weighted by Gasteiger charge is -2.09. The fourth-order valence-electron chi connectivity index (χ4n) is 3.44. The Balaban J connectivity index is 1.64. The van der Waals surface area contributed by atoms with Crippen molar-refractivity contribution >= 4 is 27.6 Å². The standard InChI is InChI=1S/C22H19N3O2/c1-27-20-12-19-17(11-18(20)22(26)23-16-8-9-16)21(25-24-19)15-7-6-13-4-2-3-5-14(13)10-15/h2-7,10-12,16H,8-9H2,1H3,(H,23,26)(H,24,25). The minimum absolute atomic E-state index is 0.0955. The van der Waals surface area contributed by atoms with Gasteiger partial charge in [0.15, 0.2) is 0 Å². The molecule has 5 rings (SSSR count). The Morgan fingerprint density at radius 2 is 1.93 bits per heavy atom. The maximum atomic E-state index is 12.6. The fraction of sp³-hybridized carbons (Fsp3) is 0.182. The van der Waals surface area contributed by atoms with E-state index in [1.165, 1.54) is 5.39 Å². The minimum Gasteiger partial charge on any atom is -0.496 e. The fourth-order valence-corrected chi connectivity index (χ4v) is 3.44. The van der Waals surface area contributed by atoms with Gasteiger partial charge in [-0.1, -0.05) is 36.4 Å². The van der Waals surface area contributed by atoms with E-state index in [1.807, 2.05) is 24.3 Å². The van der Waals surface area contributed by atoms with Gasteiger partial charge < -0.3 is 10.1 Å². The number of hydrogen-bond donors (Lipinski definition) is 2. The van der Waals surface area contributed by atoms with Crippen molar-refractivity contribution < 1.29 is 9.53 Å².